The monoisotopic (exact) mass is 393 g/mol. The van der Waals surface area contributed by atoms with Gasteiger partial charge in [-0.2, -0.15) is 0 Å². The van der Waals surface area contributed by atoms with Crippen molar-refractivity contribution in [1.82, 2.24) is 10.2 Å². The SMILES string of the molecule is Cc1ccc([C@@H](C)NC(=O)CN2CCC[C@@H](C(=O)Nc3ccccc3)C2)cc1C. The van der Waals surface area contributed by atoms with Gasteiger partial charge in [0.1, 0.15) is 0 Å². The number of hydrogen-bond donors (Lipinski definition) is 2. The Balaban J connectivity index is 1.50. The van der Waals surface area contributed by atoms with E-state index in [2.05, 4.69) is 47.6 Å². The van der Waals surface area contributed by atoms with Gasteiger partial charge in [-0.05, 0) is 69.0 Å². The van der Waals surface area contributed by atoms with Gasteiger partial charge in [0.05, 0.1) is 18.5 Å². The van der Waals surface area contributed by atoms with E-state index in [1.165, 1.54) is 11.1 Å². The first-order chi connectivity index (χ1) is 13.9. The molecule has 2 aromatic rings. The number of nitrogens with one attached hydrogen (secondary N) is 2. The predicted octanol–water partition coefficient (Wildman–Crippen LogP) is 3.83. The van der Waals surface area contributed by atoms with Crippen LogP contribution in [0.1, 0.15) is 42.5 Å². The summed E-state index contributed by atoms with van der Waals surface area (Å²) in [7, 11) is 0. The van der Waals surface area contributed by atoms with Gasteiger partial charge >= 0.3 is 0 Å². The molecule has 2 N–H and O–H groups in total. The highest BCUT2D eigenvalue weighted by Gasteiger charge is 2.27. The Bertz CT molecular complexity index is 850. The van der Waals surface area contributed by atoms with Crippen molar-refractivity contribution in [3.63, 3.8) is 0 Å². The first kappa shape index (κ1) is 21.1. The van der Waals surface area contributed by atoms with Crippen molar-refractivity contribution >= 4 is 17.5 Å². The molecule has 29 heavy (non-hydrogen) atoms. The fraction of sp³-hybridized carbons (Fsp3) is 0.417. The lowest BCUT2D eigenvalue weighted by atomic mass is 9.97. The lowest BCUT2D eigenvalue weighted by molar-refractivity contribution is -0.126. The molecular formula is C24H31N3O2. The first-order valence-corrected chi connectivity index (χ1v) is 10.4. The number of piperidine rings is 1. The number of nitrogens with zero attached hydrogens (tertiary/aromatic N) is 1. The standard InChI is InChI=1S/C24H31N3O2/c1-17-11-12-20(14-18(17)2)19(3)25-23(28)16-27-13-7-8-21(15-27)24(29)26-22-9-5-4-6-10-22/h4-6,9-12,14,19,21H,7-8,13,15-16H2,1-3H3,(H,25,28)(H,26,29)/t19-,21-/m1/s1. The Hall–Kier alpha value is -2.66. The number of amides is 2. The summed E-state index contributed by atoms with van der Waals surface area (Å²) in [6, 6.07) is 15.8. The zero-order valence-electron chi connectivity index (χ0n) is 17.6. The maximum atomic E-state index is 12.6. The van der Waals surface area contributed by atoms with Crippen molar-refractivity contribution in [2.75, 3.05) is 25.0 Å². The molecule has 5 heteroatoms. The molecule has 1 fully saturated rings. The summed E-state index contributed by atoms with van der Waals surface area (Å²) in [5.41, 5.74) is 4.40. The van der Waals surface area contributed by atoms with Crippen LogP contribution in [0.3, 0.4) is 0 Å². The van der Waals surface area contributed by atoms with Crippen molar-refractivity contribution in [3.05, 3.63) is 65.2 Å². The number of hydrogen-bond acceptors (Lipinski definition) is 3. The lowest BCUT2D eigenvalue weighted by Crippen LogP contribution is -2.45. The number of para-hydroxylation sites is 1. The van der Waals surface area contributed by atoms with Gasteiger partial charge in [-0.15, -0.1) is 0 Å². The number of aryl methyl sites for hydroxylation is 2. The Morgan fingerprint density at radius 3 is 2.59 bits per heavy atom. The van der Waals surface area contributed by atoms with Crippen LogP contribution in [0, 0.1) is 19.8 Å². The zero-order chi connectivity index (χ0) is 20.8. The van der Waals surface area contributed by atoms with E-state index < -0.39 is 0 Å². The van der Waals surface area contributed by atoms with E-state index in [4.69, 9.17) is 0 Å². The van der Waals surface area contributed by atoms with E-state index in [0.29, 0.717) is 13.1 Å². The smallest absolute Gasteiger partial charge is 0.234 e. The Morgan fingerprint density at radius 2 is 1.86 bits per heavy atom. The summed E-state index contributed by atoms with van der Waals surface area (Å²) in [6.07, 6.45) is 1.78. The molecule has 1 aliphatic heterocycles. The fourth-order valence-corrected chi connectivity index (χ4v) is 3.79. The van der Waals surface area contributed by atoms with Crippen LogP contribution in [0.25, 0.3) is 0 Å². The first-order valence-electron chi connectivity index (χ1n) is 10.4. The fourth-order valence-electron chi connectivity index (χ4n) is 3.79. The zero-order valence-corrected chi connectivity index (χ0v) is 17.6. The third kappa shape index (κ3) is 5.91. The van der Waals surface area contributed by atoms with Gasteiger partial charge < -0.3 is 10.6 Å². The average Bonchev–Trinajstić information content (AvgIpc) is 2.71. The molecule has 2 aromatic carbocycles. The molecule has 2 amide bonds. The Kier molecular flexibility index (Phi) is 7.04. The molecule has 1 heterocycles. The highest BCUT2D eigenvalue weighted by atomic mass is 16.2. The Labute approximate surface area is 173 Å². The predicted molar refractivity (Wildman–Crippen MR) is 117 cm³/mol. The number of rotatable bonds is 6. The minimum absolute atomic E-state index is 0.000143. The van der Waals surface area contributed by atoms with E-state index >= 15 is 0 Å². The Morgan fingerprint density at radius 1 is 1.10 bits per heavy atom. The van der Waals surface area contributed by atoms with Crippen LogP contribution in [-0.4, -0.2) is 36.3 Å². The van der Waals surface area contributed by atoms with Crippen LogP contribution in [0.4, 0.5) is 5.69 Å². The summed E-state index contributed by atoms with van der Waals surface area (Å²) in [5.74, 6) is -0.0569. The van der Waals surface area contributed by atoms with Gasteiger partial charge in [0.25, 0.3) is 0 Å². The van der Waals surface area contributed by atoms with E-state index in [1.54, 1.807) is 0 Å². The molecule has 154 valence electrons. The molecule has 0 aliphatic carbocycles. The van der Waals surface area contributed by atoms with Crippen LogP contribution >= 0.6 is 0 Å². The van der Waals surface area contributed by atoms with Crippen LogP contribution in [0.2, 0.25) is 0 Å². The lowest BCUT2D eigenvalue weighted by Gasteiger charge is -2.31. The van der Waals surface area contributed by atoms with Gasteiger partial charge in [-0.25, -0.2) is 0 Å². The maximum absolute atomic E-state index is 12.6. The normalized spacial score (nSPS) is 18.1. The number of carbonyl (C=O) groups excluding carboxylic acids is 2. The molecule has 0 unspecified atom stereocenters. The van der Waals surface area contributed by atoms with Crippen molar-refractivity contribution in [2.45, 2.75) is 39.7 Å². The number of anilines is 1. The summed E-state index contributed by atoms with van der Waals surface area (Å²) in [6.45, 7) is 7.97. The van der Waals surface area contributed by atoms with Crippen molar-refractivity contribution in [3.8, 4) is 0 Å². The highest BCUT2D eigenvalue weighted by molar-refractivity contribution is 5.92. The topological polar surface area (TPSA) is 61.4 Å². The third-order valence-corrected chi connectivity index (χ3v) is 5.69. The third-order valence-electron chi connectivity index (χ3n) is 5.69. The van der Waals surface area contributed by atoms with Gasteiger partial charge in [0.15, 0.2) is 0 Å². The molecule has 0 saturated carbocycles. The molecule has 3 rings (SSSR count). The molecule has 1 saturated heterocycles. The van der Waals surface area contributed by atoms with Crippen LogP contribution in [0.15, 0.2) is 48.5 Å². The molecule has 1 aliphatic rings. The molecule has 0 bridgehead atoms. The van der Waals surface area contributed by atoms with Gasteiger partial charge in [-0.1, -0.05) is 36.4 Å². The molecular weight excluding hydrogens is 362 g/mol. The summed E-state index contributed by atoms with van der Waals surface area (Å²) in [4.78, 5) is 27.2. The van der Waals surface area contributed by atoms with Crippen LogP contribution in [-0.2, 0) is 9.59 Å². The molecule has 0 radical (unpaired) electrons. The van der Waals surface area contributed by atoms with E-state index in [0.717, 1.165) is 30.6 Å². The summed E-state index contributed by atoms with van der Waals surface area (Å²) < 4.78 is 0. The average molecular weight is 394 g/mol. The number of likely N-dealkylation sites (tertiary alicyclic amines) is 1. The molecule has 5 nitrogen and oxygen atoms in total. The summed E-state index contributed by atoms with van der Waals surface area (Å²) >= 11 is 0. The second-order valence-corrected chi connectivity index (χ2v) is 8.06. The van der Waals surface area contributed by atoms with E-state index in [-0.39, 0.29) is 23.8 Å². The minimum Gasteiger partial charge on any atom is -0.348 e. The van der Waals surface area contributed by atoms with E-state index in [1.807, 2.05) is 37.3 Å². The van der Waals surface area contributed by atoms with Crippen molar-refractivity contribution in [2.24, 2.45) is 5.92 Å². The second-order valence-electron chi connectivity index (χ2n) is 8.06. The molecule has 2 atom stereocenters. The van der Waals surface area contributed by atoms with Crippen molar-refractivity contribution < 1.29 is 9.59 Å². The number of benzene rings is 2. The largest absolute Gasteiger partial charge is 0.348 e. The quantitative estimate of drug-likeness (QED) is 0.784. The second kappa shape index (κ2) is 9.70. The molecule has 0 aromatic heterocycles. The summed E-state index contributed by atoms with van der Waals surface area (Å²) in [5, 5.41) is 6.08. The van der Waals surface area contributed by atoms with Gasteiger partial charge in [0, 0.05) is 12.2 Å². The van der Waals surface area contributed by atoms with Crippen LogP contribution < -0.4 is 10.6 Å². The van der Waals surface area contributed by atoms with Gasteiger partial charge in [0.2, 0.25) is 11.8 Å². The molecule has 0 spiro atoms. The van der Waals surface area contributed by atoms with E-state index in [9.17, 15) is 9.59 Å². The number of carbonyl (C=O) groups is 2. The van der Waals surface area contributed by atoms with Crippen LogP contribution in [0.5, 0.6) is 0 Å². The van der Waals surface area contributed by atoms with Crippen molar-refractivity contribution in [1.29, 1.82) is 0 Å². The minimum atomic E-state index is -0.0890. The van der Waals surface area contributed by atoms with Gasteiger partial charge in [-0.3, -0.25) is 14.5 Å². The maximum Gasteiger partial charge on any atom is 0.234 e. The highest BCUT2D eigenvalue weighted by Crippen LogP contribution is 2.20.